The molecule has 1 N–H and O–H groups in total. The standard InChI is InChI=1S/C13H20N4O2S2/c1-14-6-8-17-11-13(10-15-17)21(18,19)16(2)7-5-12-4-3-9-20-12/h3-4,9-11,14H,5-8H2,1-2H3. The second-order valence-corrected chi connectivity index (χ2v) is 7.78. The first-order valence-corrected chi connectivity index (χ1v) is 9.02. The Morgan fingerprint density at radius 3 is 2.95 bits per heavy atom. The van der Waals surface area contributed by atoms with Crippen LogP contribution < -0.4 is 5.32 Å². The molecule has 2 aromatic rings. The van der Waals surface area contributed by atoms with Gasteiger partial charge in [0.25, 0.3) is 0 Å². The Balaban J connectivity index is 2.00. The van der Waals surface area contributed by atoms with Gasteiger partial charge in [-0.15, -0.1) is 11.3 Å². The zero-order chi connectivity index (χ0) is 15.3. The number of thiophene rings is 1. The van der Waals surface area contributed by atoms with E-state index < -0.39 is 10.0 Å². The molecule has 8 heteroatoms. The zero-order valence-electron chi connectivity index (χ0n) is 12.2. The van der Waals surface area contributed by atoms with Gasteiger partial charge in [-0.1, -0.05) is 6.07 Å². The number of hydrogen-bond donors (Lipinski definition) is 1. The van der Waals surface area contributed by atoms with E-state index in [1.807, 2.05) is 24.6 Å². The summed E-state index contributed by atoms with van der Waals surface area (Å²) in [5, 5.41) is 9.08. The van der Waals surface area contributed by atoms with Gasteiger partial charge in [0.2, 0.25) is 10.0 Å². The summed E-state index contributed by atoms with van der Waals surface area (Å²) in [6.07, 6.45) is 3.71. The van der Waals surface area contributed by atoms with Crippen molar-refractivity contribution in [2.75, 3.05) is 27.2 Å². The van der Waals surface area contributed by atoms with Crippen molar-refractivity contribution < 1.29 is 8.42 Å². The minimum atomic E-state index is -3.46. The Labute approximate surface area is 129 Å². The zero-order valence-corrected chi connectivity index (χ0v) is 13.8. The van der Waals surface area contributed by atoms with Gasteiger partial charge in [0.05, 0.1) is 12.7 Å². The highest BCUT2D eigenvalue weighted by Crippen LogP contribution is 2.15. The van der Waals surface area contributed by atoms with Crippen LogP contribution in [0.15, 0.2) is 34.8 Å². The van der Waals surface area contributed by atoms with Crippen LogP contribution in [0.2, 0.25) is 0 Å². The van der Waals surface area contributed by atoms with Crippen LogP contribution in [0.1, 0.15) is 4.88 Å². The summed E-state index contributed by atoms with van der Waals surface area (Å²) in [6, 6.07) is 3.99. The second kappa shape index (κ2) is 7.17. The van der Waals surface area contributed by atoms with Crippen molar-refractivity contribution in [3.63, 3.8) is 0 Å². The monoisotopic (exact) mass is 328 g/mol. The number of sulfonamides is 1. The second-order valence-electron chi connectivity index (χ2n) is 4.70. The summed E-state index contributed by atoms with van der Waals surface area (Å²) in [7, 11) is -0.0104. The lowest BCUT2D eigenvalue weighted by Gasteiger charge is -2.15. The summed E-state index contributed by atoms with van der Waals surface area (Å²) < 4.78 is 27.9. The molecule has 2 heterocycles. The molecule has 0 aliphatic heterocycles. The maximum atomic E-state index is 12.4. The van der Waals surface area contributed by atoms with E-state index >= 15 is 0 Å². The lowest BCUT2D eigenvalue weighted by atomic mass is 10.3. The average Bonchev–Trinajstić information content (AvgIpc) is 3.13. The average molecular weight is 328 g/mol. The highest BCUT2D eigenvalue weighted by atomic mass is 32.2. The molecule has 0 radical (unpaired) electrons. The number of aromatic nitrogens is 2. The normalized spacial score (nSPS) is 12.1. The molecule has 0 aliphatic rings. The molecule has 0 amide bonds. The summed E-state index contributed by atoms with van der Waals surface area (Å²) in [4.78, 5) is 1.43. The van der Waals surface area contributed by atoms with Crippen molar-refractivity contribution in [3.8, 4) is 0 Å². The third kappa shape index (κ3) is 4.13. The molecule has 6 nitrogen and oxygen atoms in total. The molecule has 2 aromatic heterocycles. The van der Waals surface area contributed by atoms with E-state index in [0.717, 1.165) is 13.0 Å². The number of nitrogens with zero attached hydrogens (tertiary/aromatic N) is 3. The minimum Gasteiger partial charge on any atom is -0.318 e. The molecule has 0 atom stereocenters. The van der Waals surface area contributed by atoms with Crippen LogP contribution >= 0.6 is 11.3 Å². The van der Waals surface area contributed by atoms with Crippen molar-refractivity contribution >= 4 is 21.4 Å². The van der Waals surface area contributed by atoms with Crippen LogP contribution in [0, 0.1) is 0 Å². The predicted octanol–water partition coefficient (Wildman–Crippen LogP) is 1.03. The van der Waals surface area contributed by atoms with E-state index in [1.165, 1.54) is 15.4 Å². The third-order valence-corrected chi connectivity index (χ3v) is 5.91. The van der Waals surface area contributed by atoms with Gasteiger partial charge >= 0.3 is 0 Å². The molecule has 0 aliphatic carbocycles. The van der Waals surface area contributed by atoms with Crippen molar-refractivity contribution in [2.24, 2.45) is 0 Å². The van der Waals surface area contributed by atoms with E-state index in [4.69, 9.17) is 0 Å². The molecule has 2 rings (SSSR count). The summed E-state index contributed by atoms with van der Waals surface area (Å²) in [5.41, 5.74) is 0. The SMILES string of the molecule is CNCCn1cc(S(=O)(=O)N(C)CCc2cccs2)cn1. The number of nitrogens with one attached hydrogen (secondary N) is 1. The van der Waals surface area contributed by atoms with Crippen molar-refractivity contribution in [1.29, 1.82) is 0 Å². The molecule has 0 saturated carbocycles. The lowest BCUT2D eigenvalue weighted by molar-refractivity contribution is 0.473. The van der Waals surface area contributed by atoms with Crippen LogP contribution in [-0.2, 0) is 23.0 Å². The van der Waals surface area contributed by atoms with Crippen LogP contribution in [0.5, 0.6) is 0 Å². The van der Waals surface area contributed by atoms with Crippen LogP contribution in [0.4, 0.5) is 0 Å². The fourth-order valence-electron chi connectivity index (χ4n) is 1.85. The van der Waals surface area contributed by atoms with Crippen LogP contribution in [-0.4, -0.2) is 49.7 Å². The first-order chi connectivity index (χ1) is 10.0. The molecule has 0 saturated heterocycles. The van der Waals surface area contributed by atoms with Gasteiger partial charge < -0.3 is 5.32 Å². The molecule has 0 spiro atoms. The molecule has 21 heavy (non-hydrogen) atoms. The number of likely N-dealkylation sites (N-methyl/N-ethyl adjacent to an activating group) is 2. The summed E-state index contributed by atoms with van der Waals surface area (Å²) >= 11 is 1.64. The molecule has 0 unspecified atom stereocenters. The quantitative estimate of drug-likeness (QED) is 0.786. The number of hydrogen-bond acceptors (Lipinski definition) is 5. The Morgan fingerprint density at radius 2 is 2.29 bits per heavy atom. The lowest BCUT2D eigenvalue weighted by Crippen LogP contribution is -2.28. The molecular weight excluding hydrogens is 308 g/mol. The molecule has 0 aromatic carbocycles. The van der Waals surface area contributed by atoms with E-state index in [2.05, 4.69) is 10.4 Å². The van der Waals surface area contributed by atoms with E-state index in [-0.39, 0.29) is 4.90 Å². The topological polar surface area (TPSA) is 67.2 Å². The molecule has 0 fully saturated rings. The van der Waals surface area contributed by atoms with Gasteiger partial charge in [-0.2, -0.15) is 5.10 Å². The van der Waals surface area contributed by atoms with Crippen LogP contribution in [0.3, 0.4) is 0 Å². The van der Waals surface area contributed by atoms with E-state index in [1.54, 1.807) is 29.3 Å². The van der Waals surface area contributed by atoms with Gasteiger partial charge in [0, 0.05) is 31.2 Å². The molecular formula is C13H20N4O2S2. The van der Waals surface area contributed by atoms with Crippen molar-refractivity contribution in [3.05, 3.63) is 34.8 Å². The highest BCUT2D eigenvalue weighted by Gasteiger charge is 2.22. The fourth-order valence-corrected chi connectivity index (χ4v) is 3.67. The van der Waals surface area contributed by atoms with E-state index in [0.29, 0.717) is 13.1 Å². The van der Waals surface area contributed by atoms with Crippen molar-refractivity contribution in [2.45, 2.75) is 17.9 Å². The van der Waals surface area contributed by atoms with E-state index in [9.17, 15) is 8.42 Å². The highest BCUT2D eigenvalue weighted by molar-refractivity contribution is 7.89. The maximum Gasteiger partial charge on any atom is 0.245 e. The van der Waals surface area contributed by atoms with Gasteiger partial charge in [-0.3, -0.25) is 4.68 Å². The van der Waals surface area contributed by atoms with Crippen molar-refractivity contribution in [1.82, 2.24) is 19.4 Å². The largest absolute Gasteiger partial charge is 0.318 e. The summed E-state index contributed by atoms with van der Waals surface area (Å²) in [5.74, 6) is 0. The maximum absolute atomic E-state index is 12.4. The molecule has 116 valence electrons. The first kappa shape index (κ1) is 16.2. The Morgan fingerprint density at radius 1 is 1.48 bits per heavy atom. The van der Waals surface area contributed by atoms with Gasteiger partial charge in [0.1, 0.15) is 4.90 Å². The minimum absolute atomic E-state index is 0.243. The van der Waals surface area contributed by atoms with Gasteiger partial charge in [-0.25, -0.2) is 12.7 Å². The third-order valence-electron chi connectivity index (χ3n) is 3.16. The smallest absolute Gasteiger partial charge is 0.245 e. The van der Waals surface area contributed by atoms with Gasteiger partial charge in [0.15, 0.2) is 0 Å². The Bertz CT molecular complexity index is 650. The number of rotatable bonds is 8. The summed E-state index contributed by atoms with van der Waals surface area (Å²) in [6.45, 7) is 1.85. The van der Waals surface area contributed by atoms with Gasteiger partial charge in [-0.05, 0) is 24.9 Å². The fraction of sp³-hybridized carbons (Fsp3) is 0.462. The Kier molecular flexibility index (Phi) is 5.51. The van der Waals surface area contributed by atoms with Crippen LogP contribution in [0.25, 0.3) is 0 Å². The molecule has 0 bridgehead atoms. The Hall–Kier alpha value is -1.22. The first-order valence-electron chi connectivity index (χ1n) is 6.70. The predicted molar refractivity (Wildman–Crippen MR) is 84.0 cm³/mol.